The first kappa shape index (κ1) is 18.9. The zero-order valence-corrected chi connectivity index (χ0v) is 16.7. The van der Waals surface area contributed by atoms with E-state index in [1.54, 1.807) is 6.07 Å². The molecule has 0 saturated heterocycles. The van der Waals surface area contributed by atoms with E-state index in [-0.39, 0.29) is 11.8 Å². The van der Waals surface area contributed by atoms with Crippen molar-refractivity contribution in [3.63, 3.8) is 0 Å². The minimum absolute atomic E-state index is 0.00626. The highest BCUT2D eigenvalue weighted by Crippen LogP contribution is 2.30. The number of anilines is 2. The molecule has 1 aliphatic rings. The van der Waals surface area contributed by atoms with Crippen LogP contribution in [0.25, 0.3) is 0 Å². The number of nitrogens with zero attached hydrogens (tertiary/aromatic N) is 1. The number of fused-ring (bicyclic) bond motifs is 1. The van der Waals surface area contributed by atoms with Gasteiger partial charge in [-0.2, -0.15) is 0 Å². The van der Waals surface area contributed by atoms with Crippen molar-refractivity contribution >= 4 is 23.2 Å². The summed E-state index contributed by atoms with van der Waals surface area (Å²) in [5, 5.41) is 2.98. The van der Waals surface area contributed by atoms with Gasteiger partial charge in [-0.1, -0.05) is 35.9 Å². The predicted octanol–water partition coefficient (Wildman–Crippen LogP) is 5.15. The van der Waals surface area contributed by atoms with Crippen LogP contribution < -0.4 is 10.2 Å². The van der Waals surface area contributed by atoms with Crippen molar-refractivity contribution in [2.45, 2.75) is 26.7 Å². The summed E-state index contributed by atoms with van der Waals surface area (Å²) in [4.78, 5) is 27.6. The number of para-hydroxylation sites is 1. The molecule has 4 nitrogen and oxygen atoms in total. The van der Waals surface area contributed by atoms with Gasteiger partial charge in [-0.15, -0.1) is 0 Å². The van der Waals surface area contributed by atoms with Crippen LogP contribution in [-0.4, -0.2) is 18.4 Å². The largest absolute Gasteiger partial charge is 0.322 e. The third kappa shape index (κ3) is 3.92. The van der Waals surface area contributed by atoms with E-state index >= 15 is 0 Å². The molecule has 0 spiro atoms. The number of rotatable bonds is 3. The minimum atomic E-state index is -0.135. The molecule has 0 fully saturated rings. The van der Waals surface area contributed by atoms with Crippen molar-refractivity contribution < 1.29 is 9.59 Å². The highest BCUT2D eigenvalue weighted by molar-refractivity contribution is 6.08. The molecule has 0 atom stereocenters. The molecule has 0 radical (unpaired) electrons. The highest BCUT2D eigenvalue weighted by atomic mass is 16.2. The monoisotopic (exact) mass is 384 g/mol. The van der Waals surface area contributed by atoms with Gasteiger partial charge in [-0.3, -0.25) is 9.59 Å². The molecular weight excluding hydrogens is 360 g/mol. The first-order valence-electron chi connectivity index (χ1n) is 9.91. The van der Waals surface area contributed by atoms with Gasteiger partial charge >= 0.3 is 0 Å². The standard InChI is InChI=1S/C25H24N2O2/c1-17-7-5-9-21(15-17)25(29)27-14-6-10-19-16-20(12-13-23(19)27)24(28)26-22-11-4-3-8-18(22)2/h3-5,7-9,11-13,15-16H,6,10,14H2,1-2H3,(H,26,28). The van der Waals surface area contributed by atoms with Crippen LogP contribution in [0.5, 0.6) is 0 Å². The van der Waals surface area contributed by atoms with E-state index in [1.165, 1.54) is 0 Å². The zero-order chi connectivity index (χ0) is 20.4. The van der Waals surface area contributed by atoms with Crippen molar-refractivity contribution in [1.82, 2.24) is 0 Å². The van der Waals surface area contributed by atoms with E-state index in [1.807, 2.05) is 79.4 Å². The lowest BCUT2D eigenvalue weighted by Crippen LogP contribution is -2.35. The molecule has 0 bridgehead atoms. The van der Waals surface area contributed by atoms with Gasteiger partial charge in [-0.25, -0.2) is 0 Å². The maximum atomic E-state index is 13.1. The molecule has 1 aliphatic heterocycles. The third-order valence-corrected chi connectivity index (χ3v) is 5.36. The normalized spacial score (nSPS) is 13.0. The number of amides is 2. The Morgan fingerprint density at radius 2 is 1.72 bits per heavy atom. The van der Waals surface area contributed by atoms with E-state index in [0.717, 1.165) is 40.9 Å². The molecule has 4 rings (SSSR count). The summed E-state index contributed by atoms with van der Waals surface area (Å²) < 4.78 is 0. The van der Waals surface area contributed by atoms with Gasteiger partial charge in [0, 0.05) is 29.0 Å². The van der Waals surface area contributed by atoms with Gasteiger partial charge in [0.05, 0.1) is 0 Å². The lowest BCUT2D eigenvalue weighted by atomic mass is 9.98. The van der Waals surface area contributed by atoms with Crippen LogP contribution in [-0.2, 0) is 6.42 Å². The number of aryl methyl sites for hydroxylation is 3. The zero-order valence-electron chi connectivity index (χ0n) is 16.7. The Hall–Kier alpha value is -3.40. The second-order valence-corrected chi connectivity index (χ2v) is 7.54. The van der Waals surface area contributed by atoms with Crippen LogP contribution in [0, 0.1) is 13.8 Å². The molecule has 2 amide bonds. The van der Waals surface area contributed by atoms with E-state index in [2.05, 4.69) is 5.32 Å². The Kier molecular flexibility index (Phi) is 5.17. The van der Waals surface area contributed by atoms with E-state index in [4.69, 9.17) is 0 Å². The summed E-state index contributed by atoms with van der Waals surface area (Å²) >= 11 is 0. The molecule has 1 N–H and O–H groups in total. The van der Waals surface area contributed by atoms with Crippen molar-refractivity contribution in [3.05, 3.63) is 94.5 Å². The van der Waals surface area contributed by atoms with E-state index in [9.17, 15) is 9.59 Å². The molecule has 0 saturated carbocycles. The molecule has 0 unspecified atom stereocenters. The number of carbonyl (C=O) groups excluding carboxylic acids is 2. The SMILES string of the molecule is Cc1cccc(C(=O)N2CCCc3cc(C(=O)Nc4ccccc4C)ccc32)c1. The van der Waals surface area contributed by atoms with Crippen molar-refractivity contribution in [2.75, 3.05) is 16.8 Å². The first-order chi connectivity index (χ1) is 14.0. The van der Waals surface area contributed by atoms with E-state index in [0.29, 0.717) is 17.7 Å². The Balaban J connectivity index is 1.59. The number of benzene rings is 3. The Labute approximate surface area is 171 Å². The van der Waals surface area contributed by atoms with Crippen LogP contribution in [0.1, 0.15) is 43.8 Å². The van der Waals surface area contributed by atoms with Gasteiger partial charge in [0.2, 0.25) is 0 Å². The fourth-order valence-corrected chi connectivity index (χ4v) is 3.79. The average Bonchev–Trinajstić information content (AvgIpc) is 2.74. The summed E-state index contributed by atoms with van der Waals surface area (Å²) in [5.74, 6) is -0.129. The van der Waals surface area contributed by atoms with Gasteiger partial charge in [-0.05, 0) is 74.2 Å². The highest BCUT2D eigenvalue weighted by Gasteiger charge is 2.24. The van der Waals surface area contributed by atoms with Gasteiger partial charge in [0.25, 0.3) is 11.8 Å². The van der Waals surface area contributed by atoms with Crippen molar-refractivity contribution in [2.24, 2.45) is 0 Å². The summed E-state index contributed by atoms with van der Waals surface area (Å²) in [6, 6.07) is 21.0. The van der Waals surface area contributed by atoms with E-state index < -0.39 is 0 Å². The lowest BCUT2D eigenvalue weighted by Gasteiger charge is -2.30. The fourth-order valence-electron chi connectivity index (χ4n) is 3.79. The molecule has 0 aromatic heterocycles. The molecule has 3 aromatic rings. The summed E-state index contributed by atoms with van der Waals surface area (Å²) in [7, 11) is 0. The van der Waals surface area contributed by atoms with Gasteiger partial charge in [0.1, 0.15) is 0 Å². The summed E-state index contributed by atoms with van der Waals surface area (Å²) in [6.07, 6.45) is 1.74. The maximum absolute atomic E-state index is 13.1. The van der Waals surface area contributed by atoms with Gasteiger partial charge in [0.15, 0.2) is 0 Å². The van der Waals surface area contributed by atoms with Crippen LogP contribution in [0.2, 0.25) is 0 Å². The summed E-state index contributed by atoms with van der Waals surface area (Å²) in [6.45, 7) is 4.64. The first-order valence-corrected chi connectivity index (χ1v) is 9.91. The molecule has 0 aliphatic carbocycles. The number of carbonyl (C=O) groups is 2. The lowest BCUT2D eigenvalue weighted by molar-refractivity contribution is 0.0984. The average molecular weight is 384 g/mol. The van der Waals surface area contributed by atoms with Crippen molar-refractivity contribution in [3.8, 4) is 0 Å². The predicted molar refractivity (Wildman–Crippen MR) is 117 cm³/mol. The van der Waals surface area contributed by atoms with Crippen LogP contribution in [0.3, 0.4) is 0 Å². The molecule has 29 heavy (non-hydrogen) atoms. The maximum Gasteiger partial charge on any atom is 0.258 e. The van der Waals surface area contributed by atoms with Crippen LogP contribution >= 0.6 is 0 Å². The fraction of sp³-hybridized carbons (Fsp3) is 0.200. The molecular formula is C25H24N2O2. The second-order valence-electron chi connectivity index (χ2n) is 7.54. The van der Waals surface area contributed by atoms with Gasteiger partial charge < -0.3 is 10.2 Å². The number of hydrogen-bond donors (Lipinski definition) is 1. The second kappa shape index (κ2) is 7.92. The van der Waals surface area contributed by atoms with Crippen molar-refractivity contribution in [1.29, 1.82) is 0 Å². The molecule has 4 heteroatoms. The Bertz CT molecular complexity index is 1090. The van der Waals surface area contributed by atoms with Crippen LogP contribution in [0.15, 0.2) is 66.7 Å². The molecule has 146 valence electrons. The molecule has 3 aromatic carbocycles. The summed E-state index contributed by atoms with van der Waals surface area (Å²) in [5.41, 5.74) is 6.14. The topological polar surface area (TPSA) is 49.4 Å². The third-order valence-electron chi connectivity index (χ3n) is 5.36. The number of nitrogens with one attached hydrogen (secondary N) is 1. The smallest absolute Gasteiger partial charge is 0.258 e. The van der Waals surface area contributed by atoms with Crippen LogP contribution in [0.4, 0.5) is 11.4 Å². The minimum Gasteiger partial charge on any atom is -0.322 e. The Morgan fingerprint density at radius 3 is 2.52 bits per heavy atom. The quantitative estimate of drug-likeness (QED) is 0.679. The Morgan fingerprint density at radius 1 is 0.897 bits per heavy atom. The molecule has 1 heterocycles. The number of hydrogen-bond acceptors (Lipinski definition) is 2.